The molecule has 18 heavy (non-hydrogen) atoms. The van der Waals surface area contributed by atoms with Gasteiger partial charge in [-0.1, -0.05) is 0 Å². The first kappa shape index (κ1) is 12.9. The van der Waals surface area contributed by atoms with Gasteiger partial charge in [-0.2, -0.15) is 0 Å². The number of aromatic hydroxyl groups is 1. The molecule has 1 aromatic heterocycles. The highest BCUT2D eigenvalue weighted by molar-refractivity contribution is 5.30. The van der Waals surface area contributed by atoms with Crippen molar-refractivity contribution >= 4 is 0 Å². The number of rotatable bonds is 1. The molecule has 0 aliphatic carbocycles. The van der Waals surface area contributed by atoms with Crippen LogP contribution in [0.3, 0.4) is 0 Å². The number of nitrogens with one attached hydrogen (secondary N) is 1. The normalized spacial score (nSPS) is 27.7. The van der Waals surface area contributed by atoms with E-state index in [9.17, 15) is 14.7 Å². The molecule has 1 aliphatic rings. The van der Waals surface area contributed by atoms with Crippen molar-refractivity contribution in [1.29, 1.82) is 0 Å². The number of nitrogens with zero attached hydrogens (tertiary/aromatic N) is 2. The highest BCUT2D eigenvalue weighted by atomic mass is 16.3. The molecule has 0 saturated carbocycles. The third kappa shape index (κ3) is 1.77. The molecule has 100 valence electrons. The van der Waals surface area contributed by atoms with E-state index in [1.807, 2.05) is 13.8 Å². The summed E-state index contributed by atoms with van der Waals surface area (Å²) in [6, 6.07) is 0.405. The van der Waals surface area contributed by atoms with Crippen LogP contribution in [0.1, 0.15) is 31.7 Å². The van der Waals surface area contributed by atoms with Crippen molar-refractivity contribution in [2.45, 2.75) is 38.3 Å². The predicted molar refractivity (Wildman–Crippen MR) is 68.0 cm³/mol. The Labute approximate surface area is 105 Å². The van der Waals surface area contributed by atoms with E-state index in [4.69, 9.17) is 0 Å². The zero-order valence-corrected chi connectivity index (χ0v) is 11.1. The van der Waals surface area contributed by atoms with Crippen LogP contribution >= 0.6 is 0 Å². The highest BCUT2D eigenvalue weighted by Gasteiger charge is 2.34. The average Bonchev–Trinajstić information content (AvgIpc) is 2.64. The van der Waals surface area contributed by atoms with E-state index in [0.717, 1.165) is 15.6 Å². The van der Waals surface area contributed by atoms with Gasteiger partial charge in [0.25, 0.3) is 5.56 Å². The molecule has 0 radical (unpaired) electrons. The lowest BCUT2D eigenvalue weighted by Crippen LogP contribution is -2.40. The van der Waals surface area contributed by atoms with Gasteiger partial charge < -0.3 is 10.4 Å². The molecule has 0 bridgehead atoms. The van der Waals surface area contributed by atoms with Gasteiger partial charge in [0.2, 0.25) is 5.88 Å². The molecule has 3 atom stereocenters. The number of hydrogen-bond donors (Lipinski definition) is 2. The maximum Gasteiger partial charge on any atom is 0.333 e. The largest absolute Gasteiger partial charge is 0.494 e. The summed E-state index contributed by atoms with van der Waals surface area (Å²) in [5, 5.41) is 13.4. The van der Waals surface area contributed by atoms with Gasteiger partial charge >= 0.3 is 5.69 Å². The van der Waals surface area contributed by atoms with Crippen molar-refractivity contribution in [3.05, 3.63) is 26.4 Å². The first-order valence-corrected chi connectivity index (χ1v) is 6.09. The van der Waals surface area contributed by atoms with Crippen LogP contribution in [0, 0.1) is 0 Å². The monoisotopic (exact) mass is 253 g/mol. The average molecular weight is 253 g/mol. The molecule has 3 unspecified atom stereocenters. The van der Waals surface area contributed by atoms with Gasteiger partial charge in [-0.15, -0.1) is 0 Å². The molecule has 0 spiro atoms. The topological polar surface area (TPSA) is 76.3 Å². The molecule has 0 aromatic carbocycles. The van der Waals surface area contributed by atoms with E-state index in [-0.39, 0.29) is 17.8 Å². The summed E-state index contributed by atoms with van der Waals surface area (Å²) in [5.74, 6) is -0.277. The van der Waals surface area contributed by atoms with E-state index >= 15 is 0 Å². The summed E-state index contributed by atoms with van der Waals surface area (Å²) in [4.78, 5) is 23.8. The lowest BCUT2D eigenvalue weighted by molar-refractivity contribution is 0.392. The van der Waals surface area contributed by atoms with Gasteiger partial charge in [-0.25, -0.2) is 4.79 Å². The fraction of sp³-hybridized carbons (Fsp3) is 0.667. The number of aromatic nitrogens is 2. The Morgan fingerprint density at radius 3 is 2.33 bits per heavy atom. The maximum absolute atomic E-state index is 12.2. The van der Waals surface area contributed by atoms with Gasteiger partial charge in [-0.05, 0) is 20.3 Å². The van der Waals surface area contributed by atoms with Crippen molar-refractivity contribution in [2.75, 3.05) is 0 Å². The van der Waals surface area contributed by atoms with Gasteiger partial charge in [0.15, 0.2) is 0 Å². The molecule has 1 saturated heterocycles. The lowest BCUT2D eigenvalue weighted by atomic mass is 9.93. The van der Waals surface area contributed by atoms with Crippen LogP contribution in [-0.2, 0) is 14.1 Å². The predicted octanol–water partition coefficient (Wildman–Crippen LogP) is -0.356. The molecule has 1 aromatic rings. The quantitative estimate of drug-likeness (QED) is 0.717. The van der Waals surface area contributed by atoms with E-state index in [2.05, 4.69) is 5.32 Å². The second-order valence-corrected chi connectivity index (χ2v) is 5.14. The summed E-state index contributed by atoms with van der Waals surface area (Å²) in [7, 11) is 2.90. The van der Waals surface area contributed by atoms with Crippen LogP contribution in [-0.4, -0.2) is 26.3 Å². The highest BCUT2D eigenvalue weighted by Crippen LogP contribution is 2.32. The molecule has 2 rings (SSSR count). The third-order valence-corrected chi connectivity index (χ3v) is 3.80. The molecule has 6 nitrogen and oxygen atoms in total. The summed E-state index contributed by atoms with van der Waals surface area (Å²) in [6.07, 6.45) is 0.780. The molecular formula is C12H19N3O3. The molecule has 1 aliphatic heterocycles. The van der Waals surface area contributed by atoms with E-state index in [1.54, 1.807) is 0 Å². The molecule has 2 N–H and O–H groups in total. The van der Waals surface area contributed by atoms with Gasteiger partial charge in [-0.3, -0.25) is 13.9 Å². The van der Waals surface area contributed by atoms with Crippen molar-refractivity contribution in [1.82, 2.24) is 14.5 Å². The van der Waals surface area contributed by atoms with Crippen molar-refractivity contribution < 1.29 is 5.11 Å². The Morgan fingerprint density at radius 2 is 1.83 bits per heavy atom. The first-order valence-electron chi connectivity index (χ1n) is 6.09. The Kier molecular flexibility index (Phi) is 3.06. The molecule has 1 fully saturated rings. The standard InChI is InChI=1S/C12H19N3O3/c1-6-5-8(7(2)13-6)9-10(16)14(3)12(18)15(4)11(9)17/h6-8,13,16H,5H2,1-4H3. The van der Waals surface area contributed by atoms with E-state index < -0.39 is 11.2 Å². The third-order valence-electron chi connectivity index (χ3n) is 3.80. The summed E-state index contributed by atoms with van der Waals surface area (Å²) in [5.41, 5.74) is -0.569. The minimum absolute atomic E-state index is 0.0644. The summed E-state index contributed by atoms with van der Waals surface area (Å²) in [6.45, 7) is 4.03. The first-order chi connectivity index (χ1) is 8.34. The Bertz CT molecular complexity index is 587. The van der Waals surface area contributed by atoms with E-state index in [0.29, 0.717) is 11.6 Å². The second-order valence-electron chi connectivity index (χ2n) is 5.14. The van der Waals surface area contributed by atoms with Gasteiger partial charge in [0.05, 0.1) is 5.56 Å². The molecule has 2 heterocycles. The minimum Gasteiger partial charge on any atom is -0.494 e. The fourth-order valence-electron chi connectivity index (χ4n) is 2.77. The van der Waals surface area contributed by atoms with Crippen LogP contribution in [0.25, 0.3) is 0 Å². The van der Waals surface area contributed by atoms with Crippen LogP contribution in [0.4, 0.5) is 0 Å². The van der Waals surface area contributed by atoms with Crippen LogP contribution in [0.2, 0.25) is 0 Å². The maximum atomic E-state index is 12.2. The summed E-state index contributed by atoms with van der Waals surface area (Å²) >= 11 is 0. The van der Waals surface area contributed by atoms with Crippen molar-refractivity contribution in [3.8, 4) is 5.88 Å². The SMILES string of the molecule is CC1CC(c2c(O)n(C)c(=O)n(C)c2=O)C(C)N1. The zero-order chi connectivity index (χ0) is 13.6. The van der Waals surface area contributed by atoms with Crippen LogP contribution in [0.5, 0.6) is 5.88 Å². The Hall–Kier alpha value is -1.56. The Morgan fingerprint density at radius 1 is 1.22 bits per heavy atom. The van der Waals surface area contributed by atoms with Crippen molar-refractivity contribution in [2.24, 2.45) is 14.1 Å². The fourth-order valence-corrected chi connectivity index (χ4v) is 2.77. The minimum atomic E-state index is -0.507. The molecule has 0 amide bonds. The smallest absolute Gasteiger partial charge is 0.333 e. The van der Waals surface area contributed by atoms with Crippen LogP contribution < -0.4 is 16.6 Å². The van der Waals surface area contributed by atoms with Crippen LogP contribution in [0.15, 0.2) is 9.59 Å². The van der Waals surface area contributed by atoms with Crippen molar-refractivity contribution in [3.63, 3.8) is 0 Å². The Balaban J connectivity index is 2.66. The van der Waals surface area contributed by atoms with E-state index in [1.165, 1.54) is 14.1 Å². The van der Waals surface area contributed by atoms with Gasteiger partial charge in [0.1, 0.15) is 0 Å². The number of hydrogen-bond acceptors (Lipinski definition) is 4. The molecule has 6 heteroatoms. The lowest BCUT2D eigenvalue weighted by Gasteiger charge is -2.18. The molecular weight excluding hydrogens is 234 g/mol. The summed E-state index contributed by atoms with van der Waals surface area (Å²) < 4.78 is 2.16. The zero-order valence-electron chi connectivity index (χ0n) is 11.1. The second kappa shape index (κ2) is 4.28. The van der Waals surface area contributed by atoms with Gasteiger partial charge in [0, 0.05) is 32.1 Å².